The topological polar surface area (TPSA) is 210 Å². The Morgan fingerprint density at radius 1 is 0.508 bits per heavy atom. The molecule has 0 aromatic carbocycles. The monoisotopic (exact) mass is 865 g/mol. The molecule has 14 heteroatoms. The van der Waals surface area contributed by atoms with E-state index in [1.165, 1.54) is 122 Å². The van der Waals surface area contributed by atoms with Gasteiger partial charge >= 0.3 is 19.8 Å². The molecular weight excluding hydrogens is 779 g/mol. The number of allylic oxidation sites excluding steroid dienone is 2. The van der Waals surface area contributed by atoms with Crippen LogP contribution in [0.5, 0.6) is 0 Å². The fourth-order valence-electron chi connectivity index (χ4n) is 7.28. The maximum absolute atomic E-state index is 12.8. The van der Waals surface area contributed by atoms with E-state index < -0.39 is 75.7 Å². The van der Waals surface area contributed by atoms with Crippen LogP contribution in [0.15, 0.2) is 12.2 Å². The van der Waals surface area contributed by atoms with E-state index in [-0.39, 0.29) is 12.8 Å². The third kappa shape index (κ3) is 28.7. The van der Waals surface area contributed by atoms with Gasteiger partial charge in [0.25, 0.3) is 0 Å². The van der Waals surface area contributed by atoms with Crippen molar-refractivity contribution in [1.29, 1.82) is 0 Å². The fourth-order valence-corrected chi connectivity index (χ4v) is 8.26. The molecule has 1 saturated carbocycles. The van der Waals surface area contributed by atoms with Crippen molar-refractivity contribution in [3.05, 3.63) is 12.2 Å². The Morgan fingerprint density at radius 3 is 1.31 bits per heavy atom. The van der Waals surface area contributed by atoms with Gasteiger partial charge in [-0.3, -0.25) is 18.6 Å². The molecule has 0 spiro atoms. The summed E-state index contributed by atoms with van der Waals surface area (Å²) < 4.78 is 33.5. The molecule has 0 aromatic heterocycles. The number of unbranched alkanes of at least 4 members (excludes halogenated alkanes) is 25. The van der Waals surface area contributed by atoms with Crippen molar-refractivity contribution in [1.82, 2.24) is 0 Å². The Morgan fingerprint density at radius 2 is 0.864 bits per heavy atom. The fraction of sp³-hybridized carbons (Fsp3) is 0.911. The van der Waals surface area contributed by atoms with Gasteiger partial charge in [0.1, 0.15) is 43.2 Å². The first-order valence-electron chi connectivity index (χ1n) is 23.5. The summed E-state index contributed by atoms with van der Waals surface area (Å²) in [4.78, 5) is 35.7. The molecule has 0 heterocycles. The van der Waals surface area contributed by atoms with Crippen molar-refractivity contribution in [3.63, 3.8) is 0 Å². The third-order valence-electron chi connectivity index (χ3n) is 11.1. The zero-order valence-corrected chi connectivity index (χ0v) is 37.7. The minimum atomic E-state index is -5.11. The maximum atomic E-state index is 12.8. The largest absolute Gasteiger partial charge is 0.472 e. The van der Waals surface area contributed by atoms with Crippen LogP contribution in [0.4, 0.5) is 0 Å². The summed E-state index contributed by atoms with van der Waals surface area (Å²) in [6, 6.07) is 0. The molecular formula is C45H85O13P. The molecule has 6 unspecified atom stereocenters. The van der Waals surface area contributed by atoms with E-state index in [9.17, 15) is 44.6 Å². The number of phosphoric ester groups is 1. The molecule has 13 nitrogen and oxygen atoms in total. The van der Waals surface area contributed by atoms with Gasteiger partial charge in [-0.25, -0.2) is 4.57 Å². The maximum Gasteiger partial charge on any atom is 0.472 e. The molecule has 1 aliphatic carbocycles. The number of hydrogen-bond donors (Lipinski definition) is 6. The van der Waals surface area contributed by atoms with Crippen molar-refractivity contribution in [3.8, 4) is 0 Å². The van der Waals surface area contributed by atoms with Gasteiger partial charge in [-0.15, -0.1) is 0 Å². The van der Waals surface area contributed by atoms with Crippen LogP contribution in [-0.2, 0) is 32.7 Å². The van der Waals surface area contributed by atoms with Crippen molar-refractivity contribution in [2.24, 2.45) is 0 Å². The van der Waals surface area contributed by atoms with Crippen LogP contribution >= 0.6 is 7.82 Å². The molecule has 8 atom stereocenters. The van der Waals surface area contributed by atoms with Crippen LogP contribution in [0.2, 0.25) is 0 Å². The number of aliphatic hydroxyl groups is 5. The normalized spacial score (nSPS) is 22.4. The number of rotatable bonds is 39. The van der Waals surface area contributed by atoms with Gasteiger partial charge in [-0.05, 0) is 38.5 Å². The summed E-state index contributed by atoms with van der Waals surface area (Å²) in [6.07, 6.45) is 24.1. The van der Waals surface area contributed by atoms with Crippen molar-refractivity contribution in [2.45, 2.75) is 249 Å². The summed E-state index contributed by atoms with van der Waals surface area (Å²) in [6.45, 7) is 3.29. The molecule has 1 rings (SSSR count). The lowest BCUT2D eigenvalue weighted by atomic mass is 9.85. The lowest BCUT2D eigenvalue weighted by Gasteiger charge is -2.41. The van der Waals surface area contributed by atoms with E-state index in [4.69, 9.17) is 18.5 Å². The molecule has 6 N–H and O–H groups in total. The number of esters is 2. The Hall–Kier alpha value is -1.41. The Labute approximate surface area is 356 Å². The van der Waals surface area contributed by atoms with Crippen LogP contribution in [0.1, 0.15) is 206 Å². The molecule has 0 aromatic rings. The van der Waals surface area contributed by atoms with Crippen LogP contribution in [0.3, 0.4) is 0 Å². The van der Waals surface area contributed by atoms with Gasteiger partial charge in [0.05, 0.1) is 6.61 Å². The lowest BCUT2D eigenvalue weighted by molar-refractivity contribution is -0.220. The van der Waals surface area contributed by atoms with Gasteiger partial charge in [-0.1, -0.05) is 167 Å². The first-order valence-corrected chi connectivity index (χ1v) is 25.0. The summed E-state index contributed by atoms with van der Waals surface area (Å²) in [7, 11) is -5.11. The molecule has 1 aliphatic rings. The van der Waals surface area contributed by atoms with E-state index >= 15 is 0 Å². The summed E-state index contributed by atoms with van der Waals surface area (Å²) in [5, 5.41) is 50.1. The van der Waals surface area contributed by atoms with Crippen molar-refractivity contribution >= 4 is 19.8 Å². The number of carbonyl (C=O) groups excluding carboxylic acids is 2. The number of hydrogen-bond acceptors (Lipinski definition) is 12. The van der Waals surface area contributed by atoms with Gasteiger partial charge in [0.2, 0.25) is 0 Å². The average molecular weight is 865 g/mol. The second-order valence-electron chi connectivity index (χ2n) is 16.6. The van der Waals surface area contributed by atoms with Crippen molar-refractivity contribution < 1.29 is 63.1 Å². The van der Waals surface area contributed by atoms with Crippen LogP contribution in [-0.4, -0.2) is 98.3 Å². The van der Waals surface area contributed by atoms with Gasteiger partial charge < -0.3 is 39.9 Å². The molecule has 348 valence electrons. The average Bonchev–Trinajstić information content (AvgIpc) is 3.21. The van der Waals surface area contributed by atoms with Crippen LogP contribution in [0.25, 0.3) is 0 Å². The Bertz CT molecular complexity index is 1090. The predicted molar refractivity (Wildman–Crippen MR) is 231 cm³/mol. The number of carbonyl (C=O) groups is 2. The second-order valence-corrected chi connectivity index (χ2v) is 18.0. The highest BCUT2D eigenvalue weighted by molar-refractivity contribution is 7.47. The minimum Gasteiger partial charge on any atom is -0.462 e. The Kier molecular flexibility index (Phi) is 34.0. The molecule has 1 fully saturated rings. The highest BCUT2D eigenvalue weighted by Gasteiger charge is 2.51. The molecule has 0 amide bonds. The molecule has 0 bridgehead atoms. The highest BCUT2D eigenvalue weighted by Crippen LogP contribution is 2.47. The van der Waals surface area contributed by atoms with Crippen molar-refractivity contribution in [2.75, 3.05) is 13.2 Å². The number of phosphoric acid groups is 1. The zero-order valence-electron chi connectivity index (χ0n) is 36.8. The van der Waals surface area contributed by atoms with E-state index in [1.807, 2.05) is 0 Å². The Balaban J connectivity index is 2.44. The third-order valence-corrected chi connectivity index (χ3v) is 12.1. The first kappa shape index (κ1) is 55.6. The first-order chi connectivity index (χ1) is 28.4. The summed E-state index contributed by atoms with van der Waals surface area (Å²) in [5.74, 6) is -1.11. The second kappa shape index (κ2) is 36.1. The van der Waals surface area contributed by atoms with Crippen LogP contribution < -0.4 is 0 Å². The minimum absolute atomic E-state index is 0.0804. The highest BCUT2D eigenvalue weighted by atomic mass is 31.2. The van der Waals surface area contributed by atoms with Gasteiger partial charge in [-0.2, -0.15) is 0 Å². The summed E-state index contributed by atoms with van der Waals surface area (Å²) >= 11 is 0. The standard InChI is InChI=1S/C45H85O13P/c1-3-5-7-9-11-13-15-17-18-19-20-22-23-25-27-29-31-33-38(46)55-35-37(36-56-59(53,54)58-45-43(51)41(49)40(48)42(50)44(45)52)57-39(47)34-32-30-28-26-24-21-16-14-12-10-8-6-4-2/h21,24,37,40-45,48-52H,3-20,22-23,25-36H2,1-2H3,(H,53,54)/b24-21+/t37-,40?,41-,42?,43?,44?,45?/m0/s1. The molecule has 0 saturated heterocycles. The van der Waals surface area contributed by atoms with Gasteiger partial charge in [0.15, 0.2) is 6.10 Å². The number of ether oxygens (including phenoxy) is 2. The quantitative estimate of drug-likeness (QED) is 0.0148. The lowest BCUT2D eigenvalue weighted by Crippen LogP contribution is -2.64. The molecule has 0 radical (unpaired) electrons. The van der Waals surface area contributed by atoms with Gasteiger partial charge in [0, 0.05) is 12.8 Å². The number of aliphatic hydroxyl groups excluding tert-OH is 5. The van der Waals surface area contributed by atoms with E-state index in [2.05, 4.69) is 26.0 Å². The zero-order chi connectivity index (χ0) is 43.6. The van der Waals surface area contributed by atoms with E-state index in [0.29, 0.717) is 12.8 Å². The smallest absolute Gasteiger partial charge is 0.462 e. The van der Waals surface area contributed by atoms with E-state index in [0.717, 1.165) is 44.9 Å². The van der Waals surface area contributed by atoms with Crippen LogP contribution in [0, 0.1) is 0 Å². The summed E-state index contributed by atoms with van der Waals surface area (Å²) in [5.41, 5.74) is 0. The molecule has 0 aliphatic heterocycles. The SMILES string of the molecule is CCCCCCCC/C=C/CCCCCC(=O)O[C@@H](COC(=O)CCCCCCCCCCCCCCCCCCC)COP(=O)(O)OC1C(O)C(O)C(O)[C@H](O)C1O. The predicted octanol–water partition coefficient (Wildman–Crippen LogP) is 9.06. The van der Waals surface area contributed by atoms with E-state index in [1.54, 1.807) is 0 Å². The molecule has 59 heavy (non-hydrogen) atoms.